The Bertz CT molecular complexity index is 475. The molecule has 1 heterocycles. The van der Waals surface area contributed by atoms with Gasteiger partial charge in [-0.1, -0.05) is 13.0 Å². The molecule has 0 spiro atoms. The van der Waals surface area contributed by atoms with Crippen molar-refractivity contribution < 1.29 is 9.18 Å². The number of piperazine rings is 1. The quantitative estimate of drug-likeness (QED) is 0.784. The van der Waals surface area contributed by atoms with Gasteiger partial charge in [0.05, 0.1) is 5.69 Å². The lowest BCUT2D eigenvalue weighted by molar-refractivity contribution is 0.101. The maximum Gasteiger partial charge on any atom is 0.161 e. The first kappa shape index (κ1) is 14.0. The van der Waals surface area contributed by atoms with E-state index in [4.69, 9.17) is 0 Å². The van der Waals surface area contributed by atoms with Gasteiger partial charge in [-0.3, -0.25) is 9.69 Å². The number of nitrogens with zero attached hydrogens (tertiary/aromatic N) is 2. The number of halogens is 1. The molecule has 1 saturated heterocycles. The molecular formula is C15H21FN2O. The highest BCUT2D eigenvalue weighted by atomic mass is 19.1. The topological polar surface area (TPSA) is 23.6 Å². The van der Waals surface area contributed by atoms with Crippen LogP contribution in [0.25, 0.3) is 0 Å². The summed E-state index contributed by atoms with van der Waals surface area (Å²) in [5, 5.41) is 0. The molecule has 2 rings (SSSR count). The third-order valence-electron chi connectivity index (χ3n) is 3.93. The highest BCUT2D eigenvalue weighted by Gasteiger charge is 2.26. The van der Waals surface area contributed by atoms with E-state index in [1.807, 2.05) is 4.90 Å². The highest BCUT2D eigenvalue weighted by molar-refractivity contribution is 5.99. The smallest absolute Gasteiger partial charge is 0.161 e. The maximum absolute atomic E-state index is 14.1. The molecule has 4 heteroatoms. The number of ketones is 1. The molecule has 1 aromatic rings. The Morgan fingerprint density at radius 2 is 2.16 bits per heavy atom. The van der Waals surface area contributed by atoms with Gasteiger partial charge in [-0.15, -0.1) is 0 Å². The predicted octanol–water partition coefficient (Wildman–Crippen LogP) is 2.56. The molecule has 0 bridgehead atoms. The Labute approximate surface area is 114 Å². The van der Waals surface area contributed by atoms with Gasteiger partial charge in [0, 0.05) is 31.2 Å². The minimum Gasteiger partial charge on any atom is -0.366 e. The SMILES string of the molecule is CCC1CN(c2c(F)cccc2C(C)=O)CCN1C. The van der Waals surface area contributed by atoms with Crippen LogP contribution in [0.5, 0.6) is 0 Å². The van der Waals surface area contributed by atoms with Crippen molar-refractivity contribution >= 4 is 11.5 Å². The van der Waals surface area contributed by atoms with Crippen LogP contribution >= 0.6 is 0 Å². The first-order valence-corrected chi connectivity index (χ1v) is 6.79. The Balaban J connectivity index is 2.34. The van der Waals surface area contributed by atoms with Gasteiger partial charge in [-0.05, 0) is 32.5 Å². The lowest BCUT2D eigenvalue weighted by atomic mass is 10.0. The van der Waals surface area contributed by atoms with Crippen LogP contribution in [0.1, 0.15) is 30.6 Å². The fraction of sp³-hybridized carbons (Fsp3) is 0.533. The molecule has 1 aliphatic rings. The van der Waals surface area contributed by atoms with Crippen LogP contribution in [-0.2, 0) is 0 Å². The molecule has 0 amide bonds. The van der Waals surface area contributed by atoms with Gasteiger partial charge in [0.25, 0.3) is 0 Å². The zero-order valence-electron chi connectivity index (χ0n) is 11.8. The summed E-state index contributed by atoms with van der Waals surface area (Å²) in [6.07, 6.45) is 1.02. The second-order valence-corrected chi connectivity index (χ2v) is 5.18. The highest BCUT2D eigenvalue weighted by Crippen LogP contribution is 2.27. The van der Waals surface area contributed by atoms with Crippen LogP contribution in [-0.4, -0.2) is 43.4 Å². The molecular weight excluding hydrogens is 243 g/mol. The van der Waals surface area contributed by atoms with E-state index in [1.54, 1.807) is 12.1 Å². The van der Waals surface area contributed by atoms with E-state index in [-0.39, 0.29) is 11.6 Å². The number of hydrogen-bond donors (Lipinski definition) is 0. The van der Waals surface area contributed by atoms with E-state index >= 15 is 0 Å². The molecule has 0 aromatic heterocycles. The average molecular weight is 264 g/mol. The molecule has 1 aromatic carbocycles. The second-order valence-electron chi connectivity index (χ2n) is 5.18. The van der Waals surface area contributed by atoms with Crippen molar-refractivity contribution in [3.63, 3.8) is 0 Å². The average Bonchev–Trinajstić information content (AvgIpc) is 2.39. The third-order valence-corrected chi connectivity index (χ3v) is 3.93. The Morgan fingerprint density at radius 3 is 2.79 bits per heavy atom. The normalized spacial score (nSPS) is 20.6. The largest absolute Gasteiger partial charge is 0.366 e. The molecule has 3 nitrogen and oxygen atoms in total. The van der Waals surface area contributed by atoms with E-state index in [1.165, 1.54) is 13.0 Å². The molecule has 1 unspecified atom stereocenters. The number of carbonyl (C=O) groups excluding carboxylic acids is 1. The third kappa shape index (κ3) is 2.78. The molecule has 0 aliphatic carbocycles. The zero-order valence-corrected chi connectivity index (χ0v) is 11.8. The van der Waals surface area contributed by atoms with E-state index in [2.05, 4.69) is 18.9 Å². The molecule has 1 atom stereocenters. The van der Waals surface area contributed by atoms with Crippen LogP contribution in [0.2, 0.25) is 0 Å². The molecule has 1 aliphatic heterocycles. The molecule has 104 valence electrons. The Hall–Kier alpha value is -1.42. The summed E-state index contributed by atoms with van der Waals surface area (Å²) in [7, 11) is 2.10. The number of para-hydroxylation sites is 1. The number of hydrogen-bond acceptors (Lipinski definition) is 3. The predicted molar refractivity (Wildman–Crippen MR) is 75.3 cm³/mol. The summed E-state index contributed by atoms with van der Waals surface area (Å²) >= 11 is 0. The molecule has 19 heavy (non-hydrogen) atoms. The molecule has 0 saturated carbocycles. The summed E-state index contributed by atoms with van der Waals surface area (Å²) in [5.41, 5.74) is 0.959. The van der Waals surface area contributed by atoms with E-state index in [0.29, 0.717) is 17.3 Å². The number of carbonyl (C=O) groups is 1. The van der Waals surface area contributed by atoms with Crippen molar-refractivity contribution in [2.24, 2.45) is 0 Å². The number of Topliss-reactive ketones (excluding diaryl/α,β-unsaturated/α-hetero) is 1. The maximum atomic E-state index is 14.1. The molecule has 0 radical (unpaired) electrons. The van der Waals surface area contributed by atoms with Crippen LogP contribution in [0.3, 0.4) is 0 Å². The fourth-order valence-electron chi connectivity index (χ4n) is 2.71. The number of rotatable bonds is 3. The van der Waals surface area contributed by atoms with Crippen molar-refractivity contribution in [2.75, 3.05) is 31.6 Å². The Kier molecular flexibility index (Phi) is 4.20. The monoisotopic (exact) mass is 264 g/mol. The summed E-state index contributed by atoms with van der Waals surface area (Å²) in [4.78, 5) is 16.0. The first-order chi connectivity index (χ1) is 9.04. The Morgan fingerprint density at radius 1 is 1.42 bits per heavy atom. The second kappa shape index (κ2) is 5.70. The van der Waals surface area contributed by atoms with Crippen LogP contribution in [0.15, 0.2) is 18.2 Å². The number of likely N-dealkylation sites (N-methyl/N-ethyl adjacent to an activating group) is 1. The standard InChI is InChI=1S/C15H21FN2O/c1-4-12-10-18(9-8-17(12)3)15-13(11(2)19)6-5-7-14(15)16/h5-7,12H,4,8-10H2,1-3H3. The van der Waals surface area contributed by atoms with Gasteiger partial charge in [0.2, 0.25) is 0 Å². The van der Waals surface area contributed by atoms with Gasteiger partial charge < -0.3 is 4.90 Å². The van der Waals surface area contributed by atoms with Gasteiger partial charge >= 0.3 is 0 Å². The summed E-state index contributed by atoms with van der Waals surface area (Å²) in [6, 6.07) is 5.15. The fourth-order valence-corrected chi connectivity index (χ4v) is 2.71. The van der Waals surface area contributed by atoms with Crippen molar-refractivity contribution in [1.29, 1.82) is 0 Å². The van der Waals surface area contributed by atoms with E-state index in [9.17, 15) is 9.18 Å². The van der Waals surface area contributed by atoms with Gasteiger partial charge in [0.15, 0.2) is 5.78 Å². The minimum absolute atomic E-state index is 0.0820. The van der Waals surface area contributed by atoms with Crippen LogP contribution in [0.4, 0.5) is 10.1 Å². The van der Waals surface area contributed by atoms with Gasteiger partial charge in [-0.25, -0.2) is 4.39 Å². The van der Waals surface area contributed by atoms with Crippen molar-refractivity contribution in [1.82, 2.24) is 4.90 Å². The summed E-state index contributed by atoms with van der Waals surface area (Å²) in [6.45, 7) is 6.05. The minimum atomic E-state index is -0.299. The van der Waals surface area contributed by atoms with Gasteiger partial charge in [-0.2, -0.15) is 0 Å². The van der Waals surface area contributed by atoms with Crippen molar-refractivity contribution in [3.8, 4) is 0 Å². The molecule has 0 N–H and O–H groups in total. The van der Waals surface area contributed by atoms with Crippen LogP contribution < -0.4 is 4.90 Å². The zero-order chi connectivity index (χ0) is 14.0. The number of anilines is 1. The number of benzene rings is 1. The summed E-state index contributed by atoms with van der Waals surface area (Å²) in [5.74, 6) is -0.381. The van der Waals surface area contributed by atoms with Gasteiger partial charge in [0.1, 0.15) is 5.82 Å². The van der Waals surface area contributed by atoms with Crippen LogP contribution in [0, 0.1) is 5.82 Å². The summed E-state index contributed by atoms with van der Waals surface area (Å²) < 4.78 is 14.1. The van der Waals surface area contributed by atoms with Crippen molar-refractivity contribution in [2.45, 2.75) is 26.3 Å². The lowest BCUT2D eigenvalue weighted by Gasteiger charge is -2.40. The van der Waals surface area contributed by atoms with Crippen molar-refractivity contribution in [3.05, 3.63) is 29.6 Å². The lowest BCUT2D eigenvalue weighted by Crippen LogP contribution is -2.51. The molecule has 1 fully saturated rings. The van der Waals surface area contributed by atoms with E-state index < -0.39 is 0 Å². The first-order valence-electron chi connectivity index (χ1n) is 6.79. The van der Waals surface area contributed by atoms with E-state index in [0.717, 1.165) is 26.1 Å².